The van der Waals surface area contributed by atoms with E-state index in [1.54, 1.807) is 0 Å². The molecular formula is C15H30O5. The molecule has 1 aliphatic heterocycles. The molecule has 0 spiro atoms. The zero-order valence-corrected chi connectivity index (χ0v) is 13.0. The zero-order valence-electron chi connectivity index (χ0n) is 13.0. The van der Waals surface area contributed by atoms with Crippen LogP contribution in [-0.4, -0.2) is 59.1 Å². The molecule has 7 atom stereocenters. The van der Waals surface area contributed by atoms with Crippen LogP contribution < -0.4 is 0 Å². The second-order valence-electron chi connectivity index (χ2n) is 5.88. The van der Waals surface area contributed by atoms with Gasteiger partial charge >= 0.3 is 0 Å². The summed E-state index contributed by atoms with van der Waals surface area (Å²) in [5, 5.41) is 30.0. The summed E-state index contributed by atoms with van der Waals surface area (Å²) in [6.07, 6.45) is -1.95. The van der Waals surface area contributed by atoms with Crippen LogP contribution in [0.3, 0.4) is 0 Å². The normalized spacial score (nSPS) is 37.6. The largest absolute Gasteiger partial charge is 0.394 e. The Balaban J connectivity index is 2.79. The Bertz CT molecular complexity index is 269. The molecule has 1 fully saturated rings. The van der Waals surface area contributed by atoms with Gasteiger partial charge in [0.05, 0.1) is 12.7 Å². The summed E-state index contributed by atoms with van der Waals surface area (Å²) in [7, 11) is 0. The monoisotopic (exact) mass is 290 g/mol. The zero-order chi connectivity index (χ0) is 15.3. The van der Waals surface area contributed by atoms with Crippen molar-refractivity contribution in [3.63, 3.8) is 0 Å². The van der Waals surface area contributed by atoms with Crippen molar-refractivity contribution in [2.45, 2.75) is 71.1 Å². The van der Waals surface area contributed by atoms with Crippen LogP contribution in [0.15, 0.2) is 0 Å². The first kappa shape index (κ1) is 17.9. The summed E-state index contributed by atoms with van der Waals surface area (Å²) in [4.78, 5) is 0. The fraction of sp³-hybridized carbons (Fsp3) is 1.00. The number of hydrogen-bond donors (Lipinski definition) is 3. The molecule has 0 radical (unpaired) electrons. The lowest BCUT2D eigenvalue weighted by Crippen LogP contribution is -2.61. The van der Waals surface area contributed by atoms with Crippen LogP contribution in [-0.2, 0) is 9.47 Å². The SMILES string of the molecule is CCCOC1C(CO)OC(C(C)[C@H](C)CC)C(O)C1O. The highest BCUT2D eigenvalue weighted by atomic mass is 16.6. The number of ether oxygens (including phenoxy) is 2. The molecule has 120 valence electrons. The van der Waals surface area contributed by atoms with E-state index in [1.807, 2.05) is 13.8 Å². The Hall–Kier alpha value is -0.200. The maximum Gasteiger partial charge on any atom is 0.114 e. The van der Waals surface area contributed by atoms with Crippen LogP contribution in [0.5, 0.6) is 0 Å². The summed E-state index contributed by atoms with van der Waals surface area (Å²) in [6.45, 7) is 8.41. The minimum Gasteiger partial charge on any atom is -0.394 e. The molecule has 3 N–H and O–H groups in total. The van der Waals surface area contributed by atoms with Crippen molar-refractivity contribution in [3.8, 4) is 0 Å². The quantitative estimate of drug-likeness (QED) is 0.650. The Kier molecular flexibility index (Phi) is 7.40. The third-order valence-corrected chi connectivity index (χ3v) is 4.48. The lowest BCUT2D eigenvalue weighted by atomic mass is 9.81. The first-order valence-corrected chi connectivity index (χ1v) is 7.71. The Morgan fingerprint density at radius 1 is 1.15 bits per heavy atom. The fourth-order valence-electron chi connectivity index (χ4n) is 2.71. The first-order chi connectivity index (χ1) is 9.47. The molecule has 6 unspecified atom stereocenters. The van der Waals surface area contributed by atoms with E-state index in [2.05, 4.69) is 13.8 Å². The summed E-state index contributed by atoms with van der Waals surface area (Å²) in [6, 6.07) is 0. The maximum atomic E-state index is 10.3. The molecule has 1 aliphatic rings. The van der Waals surface area contributed by atoms with Gasteiger partial charge in [-0.15, -0.1) is 0 Å². The highest BCUT2D eigenvalue weighted by Gasteiger charge is 2.47. The smallest absolute Gasteiger partial charge is 0.114 e. The molecule has 0 bridgehead atoms. The highest BCUT2D eigenvalue weighted by molar-refractivity contribution is 4.95. The topological polar surface area (TPSA) is 79.2 Å². The van der Waals surface area contributed by atoms with E-state index in [0.29, 0.717) is 12.5 Å². The van der Waals surface area contributed by atoms with E-state index < -0.39 is 30.5 Å². The van der Waals surface area contributed by atoms with E-state index in [0.717, 1.165) is 12.8 Å². The van der Waals surface area contributed by atoms with Crippen molar-refractivity contribution >= 4 is 0 Å². The molecule has 5 heteroatoms. The lowest BCUT2D eigenvalue weighted by molar-refractivity contribution is -0.254. The molecule has 0 aromatic carbocycles. The standard InChI is InChI=1S/C15H30O5/c1-5-7-19-15-11(8-16)20-14(12(17)13(15)18)10(4)9(3)6-2/h9-18H,5-8H2,1-4H3/t9-,10?,11?,12?,13?,14?,15?/m1/s1. The second-order valence-corrected chi connectivity index (χ2v) is 5.88. The predicted octanol–water partition coefficient (Wildman–Crippen LogP) is 0.945. The summed E-state index contributed by atoms with van der Waals surface area (Å²) in [5.74, 6) is 0.472. The van der Waals surface area contributed by atoms with Gasteiger partial charge in [-0.3, -0.25) is 0 Å². The molecule has 1 heterocycles. The van der Waals surface area contributed by atoms with Crippen LogP contribution in [0.1, 0.15) is 40.5 Å². The van der Waals surface area contributed by atoms with Crippen LogP contribution in [0.25, 0.3) is 0 Å². The lowest BCUT2D eigenvalue weighted by Gasteiger charge is -2.45. The molecule has 0 saturated carbocycles. The van der Waals surface area contributed by atoms with Crippen molar-refractivity contribution in [2.24, 2.45) is 11.8 Å². The molecule has 1 saturated heterocycles. The Morgan fingerprint density at radius 3 is 2.30 bits per heavy atom. The second kappa shape index (κ2) is 8.29. The number of aliphatic hydroxyl groups excluding tert-OH is 3. The molecule has 0 aromatic rings. The molecule has 20 heavy (non-hydrogen) atoms. The van der Waals surface area contributed by atoms with Crippen molar-refractivity contribution in [2.75, 3.05) is 13.2 Å². The summed E-state index contributed by atoms with van der Waals surface area (Å²) < 4.78 is 11.4. The van der Waals surface area contributed by atoms with Crippen LogP contribution >= 0.6 is 0 Å². The molecule has 0 aliphatic carbocycles. The van der Waals surface area contributed by atoms with Crippen molar-refractivity contribution in [1.82, 2.24) is 0 Å². The Morgan fingerprint density at radius 2 is 1.80 bits per heavy atom. The van der Waals surface area contributed by atoms with E-state index in [-0.39, 0.29) is 12.5 Å². The van der Waals surface area contributed by atoms with Crippen molar-refractivity contribution < 1.29 is 24.8 Å². The summed E-state index contributed by atoms with van der Waals surface area (Å²) in [5.41, 5.74) is 0. The highest BCUT2D eigenvalue weighted by Crippen LogP contribution is 2.31. The van der Waals surface area contributed by atoms with Gasteiger partial charge < -0.3 is 24.8 Å². The predicted molar refractivity (Wildman–Crippen MR) is 76.4 cm³/mol. The molecule has 0 amide bonds. The molecule has 1 rings (SSSR count). The maximum absolute atomic E-state index is 10.3. The Labute approximate surface area is 121 Å². The average Bonchev–Trinajstić information content (AvgIpc) is 2.47. The van der Waals surface area contributed by atoms with Gasteiger partial charge in [0, 0.05) is 6.61 Å². The van der Waals surface area contributed by atoms with Crippen molar-refractivity contribution in [3.05, 3.63) is 0 Å². The van der Waals surface area contributed by atoms with Gasteiger partial charge in [-0.25, -0.2) is 0 Å². The van der Waals surface area contributed by atoms with Gasteiger partial charge in [0.1, 0.15) is 24.4 Å². The molecule has 0 aromatic heterocycles. The van der Waals surface area contributed by atoms with Crippen LogP contribution in [0.4, 0.5) is 0 Å². The number of hydrogen-bond acceptors (Lipinski definition) is 5. The fourth-order valence-corrected chi connectivity index (χ4v) is 2.71. The van der Waals surface area contributed by atoms with Gasteiger partial charge in [-0.1, -0.05) is 34.1 Å². The van der Waals surface area contributed by atoms with Crippen LogP contribution in [0, 0.1) is 11.8 Å². The average molecular weight is 290 g/mol. The number of rotatable bonds is 7. The first-order valence-electron chi connectivity index (χ1n) is 7.71. The minimum absolute atomic E-state index is 0.103. The van der Waals surface area contributed by atoms with Gasteiger partial charge in [0.25, 0.3) is 0 Å². The van der Waals surface area contributed by atoms with Gasteiger partial charge in [0.2, 0.25) is 0 Å². The molecular weight excluding hydrogens is 260 g/mol. The van der Waals surface area contributed by atoms with Crippen LogP contribution in [0.2, 0.25) is 0 Å². The van der Waals surface area contributed by atoms with Gasteiger partial charge in [-0.05, 0) is 18.3 Å². The minimum atomic E-state index is -1.02. The van der Waals surface area contributed by atoms with Gasteiger partial charge in [0.15, 0.2) is 0 Å². The van der Waals surface area contributed by atoms with E-state index in [1.165, 1.54) is 0 Å². The van der Waals surface area contributed by atoms with Gasteiger partial charge in [-0.2, -0.15) is 0 Å². The van der Waals surface area contributed by atoms with Crippen molar-refractivity contribution in [1.29, 1.82) is 0 Å². The third kappa shape index (κ3) is 3.92. The van der Waals surface area contributed by atoms with E-state index in [4.69, 9.17) is 9.47 Å². The number of aliphatic hydroxyl groups is 3. The van der Waals surface area contributed by atoms with E-state index >= 15 is 0 Å². The molecule has 5 nitrogen and oxygen atoms in total. The summed E-state index contributed by atoms with van der Waals surface area (Å²) >= 11 is 0. The van der Waals surface area contributed by atoms with E-state index in [9.17, 15) is 15.3 Å². The third-order valence-electron chi connectivity index (χ3n) is 4.48.